The number of hydrogen-bond acceptors (Lipinski definition) is 4. The standard InChI is InChI=1S/C11H18N4O2S/c12-7-10-3-2-6-15(9-10)18(16,17)14-11-4-1-5-13-8-11/h1,4-5,8,10,14H,2-3,6-7,9,12H2. The van der Waals surface area contributed by atoms with Crippen molar-refractivity contribution in [3.05, 3.63) is 24.5 Å². The Bertz CT molecular complexity index is 477. The zero-order valence-corrected chi connectivity index (χ0v) is 10.9. The summed E-state index contributed by atoms with van der Waals surface area (Å²) < 4.78 is 28.3. The molecule has 0 spiro atoms. The molecule has 3 N–H and O–H groups in total. The van der Waals surface area contributed by atoms with Gasteiger partial charge in [0.15, 0.2) is 0 Å². The third-order valence-electron chi connectivity index (χ3n) is 3.06. The van der Waals surface area contributed by atoms with Gasteiger partial charge in [-0.15, -0.1) is 0 Å². The summed E-state index contributed by atoms with van der Waals surface area (Å²) in [4.78, 5) is 3.88. The smallest absolute Gasteiger partial charge is 0.301 e. The largest absolute Gasteiger partial charge is 0.330 e. The van der Waals surface area contributed by atoms with E-state index in [4.69, 9.17) is 5.73 Å². The quantitative estimate of drug-likeness (QED) is 0.829. The highest BCUT2D eigenvalue weighted by molar-refractivity contribution is 7.90. The lowest BCUT2D eigenvalue weighted by atomic mass is 10.0. The van der Waals surface area contributed by atoms with E-state index in [1.165, 1.54) is 10.5 Å². The zero-order valence-electron chi connectivity index (χ0n) is 10.1. The zero-order chi connectivity index (χ0) is 13.0. The Morgan fingerprint density at radius 2 is 2.39 bits per heavy atom. The van der Waals surface area contributed by atoms with E-state index in [1.807, 2.05) is 0 Å². The molecule has 1 fully saturated rings. The molecule has 18 heavy (non-hydrogen) atoms. The lowest BCUT2D eigenvalue weighted by molar-refractivity contribution is 0.273. The highest BCUT2D eigenvalue weighted by Gasteiger charge is 2.28. The molecule has 1 unspecified atom stereocenters. The summed E-state index contributed by atoms with van der Waals surface area (Å²) in [5.41, 5.74) is 6.09. The Labute approximate surface area is 107 Å². The summed E-state index contributed by atoms with van der Waals surface area (Å²) in [5, 5.41) is 0. The van der Waals surface area contributed by atoms with Crippen molar-refractivity contribution in [1.82, 2.24) is 9.29 Å². The van der Waals surface area contributed by atoms with Crippen LogP contribution < -0.4 is 10.5 Å². The molecule has 6 nitrogen and oxygen atoms in total. The van der Waals surface area contributed by atoms with Gasteiger partial charge in [-0.25, -0.2) is 0 Å². The van der Waals surface area contributed by atoms with Gasteiger partial charge in [-0.05, 0) is 37.4 Å². The predicted molar refractivity (Wildman–Crippen MR) is 70.1 cm³/mol. The average molecular weight is 270 g/mol. The molecule has 0 aromatic carbocycles. The molecule has 7 heteroatoms. The van der Waals surface area contributed by atoms with Crippen molar-refractivity contribution in [3.8, 4) is 0 Å². The number of rotatable bonds is 4. The van der Waals surface area contributed by atoms with Crippen molar-refractivity contribution in [2.24, 2.45) is 11.7 Å². The van der Waals surface area contributed by atoms with Crippen LogP contribution in [0.5, 0.6) is 0 Å². The molecule has 0 radical (unpaired) electrons. The van der Waals surface area contributed by atoms with Crippen LogP contribution in [0.1, 0.15) is 12.8 Å². The first-order valence-corrected chi connectivity index (χ1v) is 7.44. The Morgan fingerprint density at radius 3 is 3.06 bits per heavy atom. The minimum absolute atomic E-state index is 0.254. The molecule has 0 amide bonds. The van der Waals surface area contributed by atoms with E-state index in [2.05, 4.69) is 9.71 Å². The molecule has 0 saturated carbocycles. The number of nitrogens with two attached hydrogens (primary N) is 1. The third kappa shape index (κ3) is 3.18. The van der Waals surface area contributed by atoms with Crippen LogP contribution in [-0.2, 0) is 10.2 Å². The minimum atomic E-state index is -3.49. The van der Waals surface area contributed by atoms with E-state index in [0.717, 1.165) is 12.8 Å². The van der Waals surface area contributed by atoms with E-state index < -0.39 is 10.2 Å². The van der Waals surface area contributed by atoms with Crippen molar-refractivity contribution >= 4 is 15.9 Å². The topological polar surface area (TPSA) is 88.3 Å². The molecular weight excluding hydrogens is 252 g/mol. The second kappa shape index (κ2) is 5.64. The molecule has 2 heterocycles. The van der Waals surface area contributed by atoms with Crippen molar-refractivity contribution in [2.45, 2.75) is 12.8 Å². The van der Waals surface area contributed by atoms with E-state index in [0.29, 0.717) is 25.3 Å². The van der Waals surface area contributed by atoms with E-state index >= 15 is 0 Å². The summed E-state index contributed by atoms with van der Waals surface area (Å²) in [7, 11) is -3.49. The van der Waals surface area contributed by atoms with Crippen LogP contribution in [0.2, 0.25) is 0 Å². The normalized spacial score (nSPS) is 21.7. The van der Waals surface area contributed by atoms with E-state index in [1.54, 1.807) is 18.3 Å². The number of aromatic nitrogens is 1. The molecule has 1 atom stereocenters. The van der Waals surface area contributed by atoms with Gasteiger partial charge in [-0.1, -0.05) is 0 Å². The fourth-order valence-electron chi connectivity index (χ4n) is 2.07. The Hall–Kier alpha value is -1.18. The first kappa shape index (κ1) is 13.3. The number of pyridine rings is 1. The van der Waals surface area contributed by atoms with Gasteiger partial charge in [0.25, 0.3) is 0 Å². The van der Waals surface area contributed by atoms with Gasteiger partial charge in [0, 0.05) is 19.3 Å². The van der Waals surface area contributed by atoms with Crippen molar-refractivity contribution < 1.29 is 8.42 Å². The predicted octanol–water partition coefficient (Wildman–Crippen LogP) is 0.409. The van der Waals surface area contributed by atoms with Gasteiger partial charge in [-0.2, -0.15) is 12.7 Å². The lowest BCUT2D eigenvalue weighted by Gasteiger charge is -2.31. The van der Waals surface area contributed by atoms with Gasteiger partial charge in [0.1, 0.15) is 0 Å². The van der Waals surface area contributed by atoms with Gasteiger partial charge in [0.05, 0.1) is 11.9 Å². The van der Waals surface area contributed by atoms with Crippen LogP contribution in [0.4, 0.5) is 5.69 Å². The maximum atomic E-state index is 12.2. The summed E-state index contributed by atoms with van der Waals surface area (Å²) in [6, 6.07) is 3.37. The first-order valence-electron chi connectivity index (χ1n) is 6.00. The molecule has 0 bridgehead atoms. The average Bonchev–Trinajstić information content (AvgIpc) is 2.39. The number of piperidine rings is 1. The van der Waals surface area contributed by atoms with Crippen LogP contribution in [0.25, 0.3) is 0 Å². The molecule has 1 aromatic heterocycles. The number of nitrogens with one attached hydrogen (secondary N) is 1. The minimum Gasteiger partial charge on any atom is -0.330 e. The maximum absolute atomic E-state index is 12.2. The number of nitrogens with zero attached hydrogens (tertiary/aromatic N) is 2. The van der Waals surface area contributed by atoms with Crippen LogP contribution in [-0.4, -0.2) is 37.3 Å². The second-order valence-corrected chi connectivity index (χ2v) is 6.12. The molecule has 1 aliphatic heterocycles. The van der Waals surface area contributed by atoms with Crippen molar-refractivity contribution in [3.63, 3.8) is 0 Å². The molecule has 1 aliphatic rings. The van der Waals surface area contributed by atoms with Gasteiger partial charge >= 0.3 is 10.2 Å². The fourth-order valence-corrected chi connectivity index (χ4v) is 3.40. The molecule has 2 rings (SSSR count). The van der Waals surface area contributed by atoms with Crippen LogP contribution >= 0.6 is 0 Å². The molecule has 1 aromatic rings. The van der Waals surface area contributed by atoms with E-state index in [9.17, 15) is 8.42 Å². The third-order valence-corrected chi connectivity index (χ3v) is 4.57. The SMILES string of the molecule is NCC1CCCN(S(=O)(=O)Nc2cccnc2)C1. The van der Waals surface area contributed by atoms with Crippen LogP contribution in [0, 0.1) is 5.92 Å². The Morgan fingerprint density at radius 1 is 1.56 bits per heavy atom. The second-order valence-electron chi connectivity index (χ2n) is 4.45. The van der Waals surface area contributed by atoms with Crippen LogP contribution in [0.15, 0.2) is 24.5 Å². The van der Waals surface area contributed by atoms with Crippen LogP contribution in [0.3, 0.4) is 0 Å². The molecular formula is C11H18N4O2S. The van der Waals surface area contributed by atoms with E-state index in [-0.39, 0.29) is 5.92 Å². The van der Waals surface area contributed by atoms with Crippen molar-refractivity contribution in [2.75, 3.05) is 24.4 Å². The number of hydrogen-bond donors (Lipinski definition) is 2. The summed E-state index contributed by atoms with van der Waals surface area (Å²) in [6.45, 7) is 1.57. The Kier molecular flexibility index (Phi) is 4.15. The summed E-state index contributed by atoms with van der Waals surface area (Å²) in [6.07, 6.45) is 4.94. The fraction of sp³-hybridized carbons (Fsp3) is 0.545. The molecule has 1 saturated heterocycles. The Balaban J connectivity index is 2.06. The van der Waals surface area contributed by atoms with Gasteiger partial charge < -0.3 is 5.73 Å². The van der Waals surface area contributed by atoms with Gasteiger partial charge in [0.2, 0.25) is 0 Å². The highest BCUT2D eigenvalue weighted by atomic mass is 32.2. The lowest BCUT2D eigenvalue weighted by Crippen LogP contribution is -2.44. The van der Waals surface area contributed by atoms with Crippen molar-refractivity contribution in [1.29, 1.82) is 0 Å². The summed E-state index contributed by atoms with van der Waals surface area (Å²) in [5.74, 6) is 0.254. The highest BCUT2D eigenvalue weighted by Crippen LogP contribution is 2.19. The summed E-state index contributed by atoms with van der Waals surface area (Å²) >= 11 is 0. The number of anilines is 1. The first-order chi connectivity index (χ1) is 8.62. The van der Waals surface area contributed by atoms with Gasteiger partial charge in [-0.3, -0.25) is 9.71 Å². The monoisotopic (exact) mass is 270 g/mol. The molecule has 100 valence electrons. The molecule has 0 aliphatic carbocycles. The maximum Gasteiger partial charge on any atom is 0.301 e.